The maximum Gasteiger partial charge on any atom is 0.237 e. The summed E-state index contributed by atoms with van der Waals surface area (Å²) in [7, 11) is 0. The van der Waals surface area contributed by atoms with Crippen molar-refractivity contribution in [2.45, 2.75) is 30.4 Å². The summed E-state index contributed by atoms with van der Waals surface area (Å²) in [6.07, 6.45) is 0. The molecule has 0 aliphatic carbocycles. The molecular weight excluding hydrogens is 364 g/mol. The van der Waals surface area contributed by atoms with Gasteiger partial charge in [-0.2, -0.15) is 0 Å². The number of rotatable bonds is 6. The summed E-state index contributed by atoms with van der Waals surface area (Å²) in [5.41, 5.74) is 4.06. The zero-order valence-electron chi connectivity index (χ0n) is 14.8. The monoisotopic (exact) mass is 384 g/mol. The van der Waals surface area contributed by atoms with Crippen molar-refractivity contribution in [3.05, 3.63) is 59.7 Å². The smallest absolute Gasteiger partial charge is 0.237 e. The summed E-state index contributed by atoms with van der Waals surface area (Å²) in [6.45, 7) is 5.90. The minimum Gasteiger partial charge on any atom is -0.330 e. The Morgan fingerprint density at radius 3 is 2.69 bits per heavy atom. The Kier molecular flexibility index (Phi) is 5.90. The summed E-state index contributed by atoms with van der Waals surface area (Å²) in [5.74, 6) is -0.0517. The fraction of sp³-hybridized carbons (Fsp3) is 0.211. The second kappa shape index (κ2) is 8.33. The van der Waals surface area contributed by atoms with Crippen LogP contribution in [-0.4, -0.2) is 21.4 Å². The molecule has 3 aromatic rings. The van der Waals surface area contributed by atoms with E-state index in [4.69, 9.17) is 0 Å². The van der Waals surface area contributed by atoms with Crippen LogP contribution in [0.3, 0.4) is 0 Å². The van der Waals surface area contributed by atoms with E-state index in [1.54, 1.807) is 0 Å². The molecular formula is C19H20N4OS2. The SMILES string of the molecule is Cc1cccc(NC(=O)[C@H](C)Sc2nnc(Nc3ccccc3C)s2)c1. The number of para-hydroxylation sites is 1. The molecule has 2 N–H and O–H groups in total. The molecule has 1 aromatic heterocycles. The van der Waals surface area contributed by atoms with E-state index in [0.29, 0.717) is 5.13 Å². The second-order valence-electron chi connectivity index (χ2n) is 5.93. The van der Waals surface area contributed by atoms with Gasteiger partial charge in [-0.3, -0.25) is 4.79 Å². The number of aromatic nitrogens is 2. The van der Waals surface area contributed by atoms with Gasteiger partial charge in [-0.05, 0) is 50.1 Å². The second-order valence-corrected chi connectivity index (χ2v) is 8.50. The molecule has 0 aliphatic rings. The van der Waals surface area contributed by atoms with Gasteiger partial charge < -0.3 is 10.6 Å². The van der Waals surface area contributed by atoms with E-state index in [0.717, 1.165) is 26.8 Å². The number of nitrogens with one attached hydrogen (secondary N) is 2. The first-order chi connectivity index (χ1) is 12.5. The number of hydrogen-bond acceptors (Lipinski definition) is 6. The summed E-state index contributed by atoms with van der Waals surface area (Å²) < 4.78 is 0.757. The molecule has 2 aromatic carbocycles. The maximum atomic E-state index is 12.4. The molecule has 0 saturated carbocycles. The highest BCUT2D eigenvalue weighted by atomic mass is 32.2. The van der Waals surface area contributed by atoms with Crippen molar-refractivity contribution in [2.24, 2.45) is 0 Å². The molecule has 0 bridgehead atoms. The van der Waals surface area contributed by atoms with E-state index in [9.17, 15) is 4.79 Å². The molecule has 0 saturated heterocycles. The van der Waals surface area contributed by atoms with Crippen molar-refractivity contribution in [3.63, 3.8) is 0 Å². The van der Waals surface area contributed by atoms with Crippen molar-refractivity contribution < 1.29 is 4.79 Å². The topological polar surface area (TPSA) is 66.9 Å². The van der Waals surface area contributed by atoms with E-state index in [1.807, 2.05) is 69.3 Å². The lowest BCUT2D eigenvalue weighted by Gasteiger charge is -2.10. The summed E-state index contributed by atoms with van der Waals surface area (Å²) >= 11 is 2.84. The Labute approximate surface area is 161 Å². The van der Waals surface area contributed by atoms with Crippen LogP contribution in [0, 0.1) is 13.8 Å². The molecule has 1 heterocycles. The van der Waals surface area contributed by atoms with Crippen molar-refractivity contribution in [1.29, 1.82) is 0 Å². The lowest BCUT2D eigenvalue weighted by atomic mass is 10.2. The Balaban J connectivity index is 1.59. The molecule has 0 aliphatic heterocycles. The van der Waals surface area contributed by atoms with E-state index in [1.165, 1.54) is 23.1 Å². The molecule has 0 fully saturated rings. The zero-order chi connectivity index (χ0) is 18.5. The molecule has 3 rings (SSSR count). The first-order valence-corrected chi connectivity index (χ1v) is 9.91. The molecule has 5 nitrogen and oxygen atoms in total. The van der Waals surface area contributed by atoms with Gasteiger partial charge in [0.05, 0.1) is 5.25 Å². The molecule has 0 unspecified atom stereocenters. The predicted octanol–water partition coefficient (Wildman–Crippen LogP) is 5.02. The number of amides is 1. The van der Waals surface area contributed by atoms with Crippen LogP contribution in [0.25, 0.3) is 0 Å². The highest BCUT2D eigenvalue weighted by Crippen LogP contribution is 2.31. The highest BCUT2D eigenvalue weighted by molar-refractivity contribution is 8.02. The lowest BCUT2D eigenvalue weighted by molar-refractivity contribution is -0.115. The fourth-order valence-corrected chi connectivity index (χ4v) is 4.22. The first kappa shape index (κ1) is 18.4. The first-order valence-electron chi connectivity index (χ1n) is 8.21. The summed E-state index contributed by atoms with van der Waals surface area (Å²) in [4.78, 5) is 12.4. The van der Waals surface area contributed by atoms with E-state index in [2.05, 4.69) is 20.8 Å². The number of anilines is 3. The Morgan fingerprint density at radius 1 is 1.12 bits per heavy atom. The molecule has 26 heavy (non-hydrogen) atoms. The third kappa shape index (κ3) is 4.83. The van der Waals surface area contributed by atoms with Crippen LogP contribution < -0.4 is 10.6 Å². The molecule has 0 spiro atoms. The number of carbonyl (C=O) groups excluding carboxylic acids is 1. The number of carbonyl (C=O) groups is 1. The third-order valence-electron chi connectivity index (χ3n) is 3.73. The van der Waals surface area contributed by atoms with Gasteiger partial charge in [-0.1, -0.05) is 53.4 Å². The van der Waals surface area contributed by atoms with Crippen molar-refractivity contribution in [2.75, 3.05) is 10.6 Å². The van der Waals surface area contributed by atoms with Gasteiger partial charge in [-0.15, -0.1) is 10.2 Å². The third-order valence-corrected chi connectivity index (χ3v) is 5.75. The normalized spacial score (nSPS) is 11.8. The van der Waals surface area contributed by atoms with Crippen LogP contribution in [0.2, 0.25) is 0 Å². The van der Waals surface area contributed by atoms with Crippen LogP contribution in [0.4, 0.5) is 16.5 Å². The molecule has 0 radical (unpaired) electrons. The van der Waals surface area contributed by atoms with Crippen LogP contribution >= 0.6 is 23.1 Å². The zero-order valence-corrected chi connectivity index (χ0v) is 16.4. The largest absolute Gasteiger partial charge is 0.330 e. The van der Waals surface area contributed by atoms with Gasteiger partial charge in [-0.25, -0.2) is 0 Å². The number of hydrogen-bond donors (Lipinski definition) is 2. The van der Waals surface area contributed by atoms with E-state index in [-0.39, 0.29) is 11.2 Å². The fourth-order valence-electron chi connectivity index (χ4n) is 2.31. The van der Waals surface area contributed by atoms with Gasteiger partial charge in [0.15, 0.2) is 4.34 Å². The number of thioether (sulfide) groups is 1. The summed E-state index contributed by atoms with van der Waals surface area (Å²) in [6, 6.07) is 15.8. The average molecular weight is 385 g/mol. The average Bonchev–Trinajstić information content (AvgIpc) is 3.04. The van der Waals surface area contributed by atoms with Gasteiger partial charge in [0.1, 0.15) is 0 Å². The Morgan fingerprint density at radius 2 is 1.92 bits per heavy atom. The minimum absolute atomic E-state index is 0.0517. The highest BCUT2D eigenvalue weighted by Gasteiger charge is 2.17. The van der Waals surface area contributed by atoms with Crippen molar-refractivity contribution in [1.82, 2.24) is 10.2 Å². The molecule has 134 valence electrons. The minimum atomic E-state index is -0.269. The van der Waals surface area contributed by atoms with Gasteiger partial charge in [0.25, 0.3) is 0 Å². The molecule has 7 heteroatoms. The van der Waals surface area contributed by atoms with Gasteiger partial charge in [0, 0.05) is 11.4 Å². The molecule has 1 amide bonds. The van der Waals surface area contributed by atoms with Gasteiger partial charge >= 0.3 is 0 Å². The van der Waals surface area contributed by atoms with Crippen LogP contribution in [0.15, 0.2) is 52.9 Å². The number of aryl methyl sites for hydroxylation is 2. The maximum absolute atomic E-state index is 12.4. The van der Waals surface area contributed by atoms with Crippen LogP contribution in [-0.2, 0) is 4.79 Å². The van der Waals surface area contributed by atoms with Gasteiger partial charge in [0.2, 0.25) is 11.0 Å². The summed E-state index contributed by atoms with van der Waals surface area (Å²) in [5, 5.41) is 15.0. The van der Waals surface area contributed by atoms with Crippen molar-refractivity contribution >= 4 is 45.5 Å². The van der Waals surface area contributed by atoms with Crippen LogP contribution in [0.5, 0.6) is 0 Å². The van der Waals surface area contributed by atoms with E-state index < -0.39 is 0 Å². The Bertz CT molecular complexity index is 910. The standard InChI is InChI=1S/C19H20N4OS2/c1-12-7-6-9-15(11-12)20-17(24)14(3)25-19-23-22-18(26-19)21-16-10-5-4-8-13(16)2/h4-11,14H,1-3H3,(H,20,24)(H,21,22)/t14-/m0/s1. The van der Waals surface area contributed by atoms with E-state index >= 15 is 0 Å². The quantitative estimate of drug-likeness (QED) is 0.584. The van der Waals surface area contributed by atoms with Crippen molar-refractivity contribution in [3.8, 4) is 0 Å². The number of benzene rings is 2. The Hall–Kier alpha value is -2.38. The number of nitrogens with zero attached hydrogens (tertiary/aromatic N) is 2. The lowest BCUT2D eigenvalue weighted by Crippen LogP contribution is -2.22. The molecule has 1 atom stereocenters. The van der Waals surface area contributed by atoms with Crippen LogP contribution in [0.1, 0.15) is 18.1 Å². The predicted molar refractivity (Wildman–Crippen MR) is 109 cm³/mol.